The van der Waals surface area contributed by atoms with E-state index in [-0.39, 0.29) is 42.0 Å². The average molecular weight is 422 g/mol. The lowest BCUT2D eigenvalue weighted by Gasteiger charge is -2.25. The summed E-state index contributed by atoms with van der Waals surface area (Å²) in [4.78, 5) is 17.9. The van der Waals surface area contributed by atoms with Crippen molar-refractivity contribution >= 4 is 35.8 Å². The molecule has 0 atom stereocenters. The molecular weight excluding hydrogens is 395 g/mol. The fraction of sp³-hybridized carbons (Fsp3) is 0.600. The van der Waals surface area contributed by atoms with Crippen molar-refractivity contribution in [3.05, 3.63) is 24.2 Å². The first-order chi connectivity index (χ1) is 9.81. The lowest BCUT2D eigenvalue weighted by atomic mass is 10.1. The zero-order valence-electron chi connectivity index (χ0n) is 14.0. The quantitative estimate of drug-likeness (QED) is 0.432. The maximum absolute atomic E-state index is 11.9. The lowest BCUT2D eigenvalue weighted by Crippen LogP contribution is -2.49. The number of likely N-dealkylation sites (N-methyl/N-ethyl adjacent to an activating group) is 1. The smallest absolute Gasteiger partial charge is 0.240 e. The fourth-order valence-electron chi connectivity index (χ4n) is 1.89. The molecule has 0 aromatic carbocycles. The van der Waals surface area contributed by atoms with Crippen LogP contribution >= 0.6 is 24.0 Å². The summed E-state index contributed by atoms with van der Waals surface area (Å²) in [6.45, 7) is 6.84. The third-order valence-electron chi connectivity index (χ3n) is 2.70. The Hall–Kier alpha value is -1.25. The summed E-state index contributed by atoms with van der Waals surface area (Å²) in [5.74, 6) is 1.58. The van der Waals surface area contributed by atoms with Crippen LogP contribution in [0.15, 0.2) is 27.8 Å². The number of furan rings is 1. The molecule has 1 aromatic heterocycles. The number of nitrogens with one attached hydrogen (secondary N) is 2. The molecule has 0 radical (unpaired) electrons. The van der Waals surface area contributed by atoms with E-state index in [1.165, 1.54) is 0 Å². The van der Waals surface area contributed by atoms with Crippen molar-refractivity contribution in [2.45, 2.75) is 32.7 Å². The first kappa shape index (κ1) is 20.8. The molecule has 1 aromatic rings. The molecule has 0 unspecified atom stereocenters. The number of halogens is 1. The minimum Gasteiger partial charge on any atom is -0.469 e. The van der Waals surface area contributed by atoms with Crippen molar-refractivity contribution in [2.24, 2.45) is 4.99 Å². The summed E-state index contributed by atoms with van der Waals surface area (Å²) in [5, 5.41) is 6.14. The van der Waals surface area contributed by atoms with Gasteiger partial charge in [-0.2, -0.15) is 0 Å². The van der Waals surface area contributed by atoms with E-state index in [4.69, 9.17) is 4.42 Å². The Morgan fingerprint density at radius 3 is 2.59 bits per heavy atom. The van der Waals surface area contributed by atoms with Crippen LogP contribution in [0.3, 0.4) is 0 Å². The van der Waals surface area contributed by atoms with Gasteiger partial charge in [0.25, 0.3) is 0 Å². The maximum Gasteiger partial charge on any atom is 0.240 e. The third kappa shape index (κ3) is 8.26. The predicted octanol–water partition coefficient (Wildman–Crippen LogP) is 1.86. The van der Waals surface area contributed by atoms with Crippen molar-refractivity contribution in [3.63, 3.8) is 0 Å². The van der Waals surface area contributed by atoms with E-state index in [9.17, 15) is 4.79 Å². The molecule has 0 aliphatic heterocycles. The van der Waals surface area contributed by atoms with Gasteiger partial charge in [-0.05, 0) is 32.9 Å². The molecule has 0 aliphatic carbocycles. The highest BCUT2D eigenvalue weighted by molar-refractivity contribution is 14.0. The Labute approximate surface area is 149 Å². The molecule has 0 saturated carbocycles. The molecule has 2 N–H and O–H groups in total. The SMILES string of the molecule is CN=C(NCCc1ccco1)N(C)CC(=O)NC(C)(C)C.I. The maximum atomic E-state index is 11.9. The first-order valence-electron chi connectivity index (χ1n) is 7.07. The number of carbonyl (C=O) groups excluding carboxylic acids is 1. The summed E-state index contributed by atoms with van der Waals surface area (Å²) in [5.41, 5.74) is -0.228. The highest BCUT2D eigenvalue weighted by Crippen LogP contribution is 2.00. The normalized spacial score (nSPS) is 11.6. The van der Waals surface area contributed by atoms with Crippen molar-refractivity contribution in [1.82, 2.24) is 15.5 Å². The van der Waals surface area contributed by atoms with E-state index in [2.05, 4.69) is 15.6 Å². The molecule has 22 heavy (non-hydrogen) atoms. The van der Waals surface area contributed by atoms with E-state index < -0.39 is 0 Å². The molecule has 0 bridgehead atoms. The molecular formula is C15H27IN4O2. The summed E-state index contributed by atoms with van der Waals surface area (Å²) < 4.78 is 5.27. The van der Waals surface area contributed by atoms with Crippen molar-refractivity contribution in [2.75, 3.05) is 27.2 Å². The van der Waals surface area contributed by atoms with Gasteiger partial charge in [-0.3, -0.25) is 9.79 Å². The van der Waals surface area contributed by atoms with Crippen molar-refractivity contribution in [3.8, 4) is 0 Å². The van der Waals surface area contributed by atoms with Gasteiger partial charge in [0.05, 0.1) is 12.8 Å². The lowest BCUT2D eigenvalue weighted by molar-refractivity contribution is -0.122. The van der Waals surface area contributed by atoms with Gasteiger partial charge in [0, 0.05) is 32.6 Å². The number of nitrogens with zero attached hydrogens (tertiary/aromatic N) is 2. The van der Waals surface area contributed by atoms with Crippen LogP contribution in [0, 0.1) is 0 Å². The molecule has 1 rings (SSSR count). The van der Waals surface area contributed by atoms with Gasteiger partial charge in [-0.25, -0.2) is 0 Å². The molecule has 0 spiro atoms. The van der Waals surface area contributed by atoms with Crippen molar-refractivity contribution < 1.29 is 9.21 Å². The number of guanidine groups is 1. The molecule has 1 amide bonds. The molecule has 0 fully saturated rings. The predicted molar refractivity (Wildman–Crippen MR) is 99.7 cm³/mol. The summed E-state index contributed by atoms with van der Waals surface area (Å²) in [6.07, 6.45) is 2.43. The van der Waals surface area contributed by atoms with Crippen LogP contribution in [0.5, 0.6) is 0 Å². The topological polar surface area (TPSA) is 69.9 Å². The van der Waals surface area contributed by atoms with E-state index >= 15 is 0 Å². The van der Waals surface area contributed by atoms with Crippen LogP contribution in [-0.4, -0.2) is 49.5 Å². The second-order valence-electron chi connectivity index (χ2n) is 5.96. The van der Waals surface area contributed by atoms with E-state index in [1.54, 1.807) is 18.2 Å². The number of rotatable bonds is 5. The van der Waals surface area contributed by atoms with Crippen molar-refractivity contribution in [1.29, 1.82) is 0 Å². The number of carbonyl (C=O) groups is 1. The Morgan fingerprint density at radius 2 is 2.09 bits per heavy atom. The zero-order chi connectivity index (χ0) is 15.9. The second-order valence-corrected chi connectivity index (χ2v) is 5.96. The standard InChI is InChI=1S/C15H26N4O2.HI/c1-15(2,3)18-13(20)11-19(5)14(16-4)17-9-8-12-7-6-10-21-12;/h6-7,10H,8-9,11H2,1-5H3,(H,16,17)(H,18,20);1H. The van der Waals surface area contributed by atoms with Crippen LogP contribution in [0.1, 0.15) is 26.5 Å². The van der Waals surface area contributed by atoms with Gasteiger partial charge >= 0.3 is 0 Å². The summed E-state index contributed by atoms with van der Waals surface area (Å²) >= 11 is 0. The number of aliphatic imine (C=N–C) groups is 1. The Kier molecular flexibility index (Phi) is 9.15. The van der Waals surface area contributed by atoms with Gasteiger partial charge < -0.3 is 20.0 Å². The van der Waals surface area contributed by atoms with Gasteiger partial charge in [-0.1, -0.05) is 0 Å². The third-order valence-corrected chi connectivity index (χ3v) is 2.70. The van der Waals surface area contributed by atoms with E-state index in [0.29, 0.717) is 12.5 Å². The highest BCUT2D eigenvalue weighted by atomic mass is 127. The van der Waals surface area contributed by atoms with E-state index in [1.807, 2.05) is 40.0 Å². The molecule has 6 nitrogen and oxygen atoms in total. The van der Waals surface area contributed by atoms with Crippen LogP contribution in [0.4, 0.5) is 0 Å². The van der Waals surface area contributed by atoms with Gasteiger partial charge in [0.15, 0.2) is 5.96 Å². The highest BCUT2D eigenvalue weighted by Gasteiger charge is 2.16. The average Bonchev–Trinajstić information content (AvgIpc) is 2.84. The molecule has 1 heterocycles. The minimum absolute atomic E-state index is 0. The number of hydrogen-bond acceptors (Lipinski definition) is 3. The summed E-state index contributed by atoms with van der Waals surface area (Å²) in [7, 11) is 3.54. The van der Waals surface area contributed by atoms with E-state index in [0.717, 1.165) is 12.2 Å². The van der Waals surface area contributed by atoms with Crippen LogP contribution in [0.25, 0.3) is 0 Å². The van der Waals surface area contributed by atoms with Gasteiger partial charge in [0.1, 0.15) is 5.76 Å². The zero-order valence-corrected chi connectivity index (χ0v) is 16.3. The summed E-state index contributed by atoms with van der Waals surface area (Å²) in [6, 6.07) is 3.80. The van der Waals surface area contributed by atoms with Gasteiger partial charge in [-0.15, -0.1) is 24.0 Å². The fourth-order valence-corrected chi connectivity index (χ4v) is 1.89. The van der Waals surface area contributed by atoms with Crippen LogP contribution in [0.2, 0.25) is 0 Å². The minimum atomic E-state index is -0.228. The number of amides is 1. The Bertz CT molecular complexity index is 466. The van der Waals surface area contributed by atoms with Crippen LogP contribution < -0.4 is 10.6 Å². The van der Waals surface area contributed by atoms with Gasteiger partial charge in [0.2, 0.25) is 5.91 Å². The Balaban J connectivity index is 0.00000441. The first-order valence-corrected chi connectivity index (χ1v) is 7.07. The Morgan fingerprint density at radius 1 is 1.41 bits per heavy atom. The monoisotopic (exact) mass is 422 g/mol. The molecule has 126 valence electrons. The largest absolute Gasteiger partial charge is 0.469 e. The molecule has 0 aliphatic rings. The number of hydrogen-bond donors (Lipinski definition) is 2. The van der Waals surface area contributed by atoms with Crippen LogP contribution in [-0.2, 0) is 11.2 Å². The molecule has 0 saturated heterocycles. The molecule has 7 heteroatoms. The second kappa shape index (κ2) is 9.70.